The highest BCUT2D eigenvalue weighted by molar-refractivity contribution is 6.28. The lowest BCUT2D eigenvalue weighted by molar-refractivity contribution is 0.0455. The smallest absolute Gasteiger partial charge is 0.231 e. The molecule has 1 saturated heterocycles. The zero-order valence-electron chi connectivity index (χ0n) is 12.1. The predicted octanol–water partition coefficient (Wildman–Crippen LogP) is 2.09. The van der Waals surface area contributed by atoms with E-state index in [1.54, 1.807) is 0 Å². The third kappa shape index (κ3) is 3.70. The lowest BCUT2D eigenvalue weighted by Crippen LogP contribution is -2.36. The summed E-state index contributed by atoms with van der Waals surface area (Å²) in [6.45, 7) is 6.23. The van der Waals surface area contributed by atoms with Crippen LogP contribution in [0.5, 0.6) is 0 Å². The van der Waals surface area contributed by atoms with E-state index in [-0.39, 0.29) is 5.28 Å². The second-order valence-electron chi connectivity index (χ2n) is 5.21. The average molecular weight is 300 g/mol. The quantitative estimate of drug-likeness (QED) is 0.838. The number of aliphatic hydroxyl groups is 1. The number of anilines is 2. The van der Waals surface area contributed by atoms with E-state index in [9.17, 15) is 5.11 Å². The van der Waals surface area contributed by atoms with Gasteiger partial charge in [0.1, 0.15) is 0 Å². The lowest BCUT2D eigenvalue weighted by atomic mass is 9.98. The number of nitrogens with zero attached hydrogens (tertiary/aromatic N) is 4. The van der Waals surface area contributed by atoms with E-state index in [4.69, 9.17) is 11.6 Å². The van der Waals surface area contributed by atoms with Crippen molar-refractivity contribution in [3.05, 3.63) is 5.28 Å². The molecule has 1 aromatic heterocycles. The Morgan fingerprint density at radius 3 is 2.45 bits per heavy atom. The number of hydrogen-bond acceptors (Lipinski definition) is 6. The van der Waals surface area contributed by atoms with Gasteiger partial charge in [0, 0.05) is 19.6 Å². The van der Waals surface area contributed by atoms with Gasteiger partial charge >= 0.3 is 0 Å². The molecule has 20 heavy (non-hydrogen) atoms. The van der Waals surface area contributed by atoms with E-state index in [1.807, 2.05) is 13.8 Å². The van der Waals surface area contributed by atoms with Crippen molar-refractivity contribution in [3.8, 4) is 0 Å². The Morgan fingerprint density at radius 1 is 1.20 bits per heavy atom. The Kier molecular flexibility index (Phi) is 4.99. The first-order chi connectivity index (χ1) is 9.56. The topological polar surface area (TPSA) is 74.2 Å². The van der Waals surface area contributed by atoms with Gasteiger partial charge in [-0.3, -0.25) is 0 Å². The SMILES string of the molecule is CCC(O)(CC)CNc1nc(Cl)nc(N2CCCC2)n1. The molecule has 0 bridgehead atoms. The van der Waals surface area contributed by atoms with Crippen molar-refractivity contribution in [1.82, 2.24) is 15.0 Å². The van der Waals surface area contributed by atoms with Crippen molar-refractivity contribution >= 4 is 23.5 Å². The van der Waals surface area contributed by atoms with Crippen LogP contribution in [-0.4, -0.2) is 45.3 Å². The van der Waals surface area contributed by atoms with Gasteiger partial charge in [-0.25, -0.2) is 0 Å². The summed E-state index contributed by atoms with van der Waals surface area (Å²) >= 11 is 5.95. The first-order valence-corrected chi connectivity index (χ1v) is 7.57. The van der Waals surface area contributed by atoms with Crippen LogP contribution in [-0.2, 0) is 0 Å². The second kappa shape index (κ2) is 6.54. The van der Waals surface area contributed by atoms with E-state index in [0.717, 1.165) is 25.9 Å². The highest BCUT2D eigenvalue weighted by Gasteiger charge is 2.23. The largest absolute Gasteiger partial charge is 0.388 e. The fourth-order valence-corrected chi connectivity index (χ4v) is 2.38. The van der Waals surface area contributed by atoms with Crippen LogP contribution in [0.2, 0.25) is 5.28 Å². The van der Waals surface area contributed by atoms with Crippen molar-refractivity contribution in [2.45, 2.75) is 45.1 Å². The maximum absolute atomic E-state index is 10.3. The minimum absolute atomic E-state index is 0.181. The minimum Gasteiger partial charge on any atom is -0.388 e. The molecule has 2 rings (SSSR count). The van der Waals surface area contributed by atoms with Crippen LogP contribution in [0.3, 0.4) is 0 Å². The molecule has 2 N–H and O–H groups in total. The van der Waals surface area contributed by atoms with Crippen molar-refractivity contribution in [2.75, 3.05) is 29.9 Å². The maximum atomic E-state index is 10.3. The summed E-state index contributed by atoms with van der Waals surface area (Å²) in [7, 11) is 0. The van der Waals surface area contributed by atoms with E-state index in [0.29, 0.717) is 31.3 Å². The van der Waals surface area contributed by atoms with Crippen LogP contribution in [0, 0.1) is 0 Å². The third-order valence-corrected chi connectivity index (χ3v) is 4.05. The molecule has 7 heteroatoms. The molecule has 0 saturated carbocycles. The third-order valence-electron chi connectivity index (χ3n) is 3.88. The van der Waals surface area contributed by atoms with E-state index >= 15 is 0 Å². The first-order valence-electron chi connectivity index (χ1n) is 7.19. The van der Waals surface area contributed by atoms with Crippen molar-refractivity contribution in [1.29, 1.82) is 0 Å². The molecule has 112 valence electrons. The summed E-state index contributed by atoms with van der Waals surface area (Å²) in [6, 6.07) is 0. The van der Waals surface area contributed by atoms with Gasteiger partial charge in [-0.1, -0.05) is 13.8 Å². The fourth-order valence-electron chi connectivity index (χ4n) is 2.22. The number of rotatable bonds is 6. The first kappa shape index (κ1) is 15.3. The van der Waals surface area contributed by atoms with Crippen LogP contribution in [0.15, 0.2) is 0 Å². The summed E-state index contributed by atoms with van der Waals surface area (Å²) < 4.78 is 0. The average Bonchev–Trinajstić information content (AvgIpc) is 2.98. The van der Waals surface area contributed by atoms with Crippen LogP contribution >= 0.6 is 11.6 Å². The summed E-state index contributed by atoms with van der Waals surface area (Å²) in [5.41, 5.74) is -0.743. The molecule has 0 amide bonds. The van der Waals surface area contributed by atoms with Crippen molar-refractivity contribution in [3.63, 3.8) is 0 Å². The highest BCUT2D eigenvalue weighted by atomic mass is 35.5. The number of halogens is 1. The fraction of sp³-hybridized carbons (Fsp3) is 0.769. The lowest BCUT2D eigenvalue weighted by Gasteiger charge is -2.25. The number of aromatic nitrogens is 3. The second-order valence-corrected chi connectivity index (χ2v) is 5.55. The van der Waals surface area contributed by atoms with Crippen LogP contribution < -0.4 is 10.2 Å². The van der Waals surface area contributed by atoms with Crippen LogP contribution in [0.25, 0.3) is 0 Å². The molecular formula is C13H22ClN5O. The molecule has 6 nitrogen and oxygen atoms in total. The molecule has 0 atom stereocenters. The number of hydrogen-bond donors (Lipinski definition) is 2. The van der Waals surface area contributed by atoms with Gasteiger partial charge in [-0.05, 0) is 37.3 Å². The molecule has 0 spiro atoms. The van der Waals surface area contributed by atoms with Gasteiger partial charge in [0.15, 0.2) is 0 Å². The van der Waals surface area contributed by atoms with Gasteiger partial charge in [0.25, 0.3) is 0 Å². The Labute approximate surface area is 124 Å². The summed E-state index contributed by atoms with van der Waals surface area (Å²) in [4.78, 5) is 14.7. The van der Waals surface area contributed by atoms with Crippen molar-refractivity contribution in [2.24, 2.45) is 0 Å². The standard InChI is InChI=1S/C13H22ClN5O/c1-3-13(20,4-2)9-15-11-16-10(14)17-12(18-11)19-7-5-6-8-19/h20H,3-9H2,1-2H3,(H,15,16,17,18). The molecule has 1 aliphatic rings. The van der Waals surface area contributed by atoms with E-state index in [1.165, 1.54) is 0 Å². The molecule has 0 radical (unpaired) electrons. The Bertz CT molecular complexity index is 446. The zero-order chi connectivity index (χ0) is 14.6. The van der Waals surface area contributed by atoms with Crippen molar-refractivity contribution < 1.29 is 5.11 Å². The maximum Gasteiger partial charge on any atom is 0.231 e. The Hall–Kier alpha value is -1.14. The van der Waals surface area contributed by atoms with Gasteiger partial charge in [-0.15, -0.1) is 0 Å². The molecule has 2 heterocycles. The molecule has 1 aliphatic heterocycles. The molecule has 1 fully saturated rings. The monoisotopic (exact) mass is 299 g/mol. The Morgan fingerprint density at radius 2 is 1.85 bits per heavy atom. The Balaban J connectivity index is 2.08. The molecular weight excluding hydrogens is 278 g/mol. The molecule has 0 aliphatic carbocycles. The van der Waals surface area contributed by atoms with Gasteiger partial charge in [0.2, 0.25) is 17.2 Å². The molecule has 0 unspecified atom stereocenters. The zero-order valence-corrected chi connectivity index (χ0v) is 12.8. The highest BCUT2D eigenvalue weighted by Crippen LogP contribution is 2.20. The summed E-state index contributed by atoms with van der Waals surface area (Å²) in [5.74, 6) is 1.04. The predicted molar refractivity (Wildman–Crippen MR) is 80.3 cm³/mol. The van der Waals surface area contributed by atoms with E-state index in [2.05, 4.69) is 25.2 Å². The van der Waals surface area contributed by atoms with Crippen LogP contribution in [0.4, 0.5) is 11.9 Å². The number of nitrogens with one attached hydrogen (secondary N) is 1. The van der Waals surface area contributed by atoms with Crippen LogP contribution in [0.1, 0.15) is 39.5 Å². The van der Waals surface area contributed by atoms with Gasteiger partial charge < -0.3 is 15.3 Å². The molecule has 1 aromatic rings. The van der Waals surface area contributed by atoms with E-state index < -0.39 is 5.60 Å². The van der Waals surface area contributed by atoms with Gasteiger partial charge in [0.05, 0.1) is 5.60 Å². The summed E-state index contributed by atoms with van der Waals surface area (Å²) in [6.07, 6.45) is 3.65. The normalized spacial score (nSPS) is 15.7. The summed E-state index contributed by atoms with van der Waals surface area (Å²) in [5, 5.41) is 13.5. The van der Waals surface area contributed by atoms with Gasteiger partial charge in [-0.2, -0.15) is 15.0 Å². The minimum atomic E-state index is -0.743. The molecule has 0 aromatic carbocycles.